The summed E-state index contributed by atoms with van der Waals surface area (Å²) in [5.41, 5.74) is -4.64. The predicted octanol–water partition coefficient (Wildman–Crippen LogP) is 10.1. The van der Waals surface area contributed by atoms with Crippen LogP contribution in [0.25, 0.3) is 78.4 Å². The van der Waals surface area contributed by atoms with Crippen LogP contribution in [0, 0.1) is 0 Å². The summed E-state index contributed by atoms with van der Waals surface area (Å²) in [6.45, 7) is 0. The van der Waals surface area contributed by atoms with Gasteiger partial charge in [-0.05, 0) is 34.3 Å². The summed E-state index contributed by atoms with van der Waals surface area (Å²) in [4.78, 5) is 13.1. The van der Waals surface area contributed by atoms with Gasteiger partial charge in [0.1, 0.15) is 11.2 Å². The minimum Gasteiger partial charge on any atom is -0.456 e. The third-order valence-corrected chi connectivity index (χ3v) is 6.19. The van der Waals surface area contributed by atoms with Crippen LogP contribution in [0.5, 0.6) is 0 Å². The fourth-order valence-electron chi connectivity index (χ4n) is 4.25. The molecule has 8 aromatic rings. The van der Waals surface area contributed by atoms with Gasteiger partial charge in [-0.15, -0.1) is 0 Å². The Morgan fingerprint density at radius 2 is 0.907 bits per heavy atom. The van der Waals surface area contributed by atoms with Gasteiger partial charge < -0.3 is 4.42 Å². The Morgan fingerprint density at radius 1 is 0.419 bits per heavy atom. The van der Waals surface area contributed by atoms with Crippen molar-refractivity contribution in [3.8, 4) is 56.4 Å². The van der Waals surface area contributed by atoms with Crippen LogP contribution in [0.1, 0.15) is 30.2 Å². The van der Waals surface area contributed by atoms with Crippen LogP contribution in [0.15, 0.2) is 156 Å². The van der Waals surface area contributed by atoms with Crippen LogP contribution >= 0.6 is 0 Å². The van der Waals surface area contributed by atoms with Gasteiger partial charge >= 0.3 is 0 Å². The van der Waals surface area contributed by atoms with Crippen molar-refractivity contribution in [3.05, 3.63) is 151 Å². The quantitative estimate of drug-likeness (QED) is 0.206. The molecule has 4 nitrogen and oxygen atoms in total. The standard InChI is InChI=1S/C39H25N3O/c1-3-10-26(11-4-1)27-18-20-28(21-19-27)29-22-24-31(25-23-29)38-40-37(30-12-5-2-6-13-30)41-39(42-38)33-15-9-17-35-36(33)32-14-7-8-16-34(32)43-35/h1-25H/i1D,2D,3D,4D,5D,6D,7D,10D,11D,12D,13D,15D,16D,17D,18D,19D,20D,21D,22D,23D,24D,25D. The lowest BCUT2D eigenvalue weighted by Gasteiger charge is -2.10. The summed E-state index contributed by atoms with van der Waals surface area (Å²) in [6.07, 6.45) is 0. The molecule has 0 amide bonds. The highest BCUT2D eigenvalue weighted by Gasteiger charge is 2.17. The first kappa shape index (κ1) is 11.1. The first-order valence-electron chi connectivity index (χ1n) is 23.5. The molecule has 0 spiro atoms. The molecule has 0 saturated carbocycles. The molecule has 6 aromatic carbocycles. The number of hydrogen-bond donors (Lipinski definition) is 0. The fourth-order valence-corrected chi connectivity index (χ4v) is 4.25. The van der Waals surface area contributed by atoms with Gasteiger partial charge in [0, 0.05) is 27.5 Å². The van der Waals surface area contributed by atoms with Crippen molar-refractivity contribution in [3.63, 3.8) is 0 Å². The molecule has 0 aliphatic rings. The van der Waals surface area contributed by atoms with Crippen LogP contribution in [0.4, 0.5) is 0 Å². The molecule has 2 heterocycles. The summed E-state index contributed by atoms with van der Waals surface area (Å²) in [5.74, 6) is -1.90. The predicted molar refractivity (Wildman–Crippen MR) is 174 cm³/mol. The minimum absolute atomic E-state index is 0.0467. The van der Waals surface area contributed by atoms with Crippen molar-refractivity contribution in [1.82, 2.24) is 15.0 Å². The monoisotopic (exact) mass is 573 g/mol. The van der Waals surface area contributed by atoms with Gasteiger partial charge in [-0.3, -0.25) is 0 Å². The molecule has 43 heavy (non-hydrogen) atoms. The molecular weight excluding hydrogens is 526 g/mol. The zero-order valence-corrected chi connectivity index (χ0v) is 21.5. The largest absolute Gasteiger partial charge is 0.456 e. The first-order chi connectivity index (χ1) is 30.4. The number of nitrogens with zero attached hydrogens (tertiary/aromatic N) is 3. The Bertz CT molecular complexity index is 3360. The molecule has 0 radical (unpaired) electrons. The highest BCUT2D eigenvalue weighted by atomic mass is 16.3. The smallest absolute Gasteiger partial charge is 0.164 e. The Kier molecular flexibility index (Phi) is 2.71. The van der Waals surface area contributed by atoms with Crippen molar-refractivity contribution < 1.29 is 34.6 Å². The van der Waals surface area contributed by atoms with Gasteiger partial charge in [-0.25, -0.2) is 15.0 Å². The third kappa shape index (κ3) is 4.65. The van der Waals surface area contributed by atoms with E-state index in [2.05, 4.69) is 15.0 Å². The molecule has 0 bridgehead atoms. The van der Waals surface area contributed by atoms with Crippen LogP contribution in [0.2, 0.25) is 0 Å². The minimum atomic E-state index is -0.961. The Balaban J connectivity index is 1.45. The van der Waals surface area contributed by atoms with Gasteiger partial charge in [0.05, 0.1) is 30.2 Å². The van der Waals surface area contributed by atoms with Gasteiger partial charge in [0.15, 0.2) is 17.5 Å². The van der Waals surface area contributed by atoms with E-state index in [0.29, 0.717) is 0 Å². The van der Waals surface area contributed by atoms with Crippen LogP contribution in [-0.4, -0.2) is 15.0 Å². The first-order valence-corrected chi connectivity index (χ1v) is 12.5. The Morgan fingerprint density at radius 3 is 1.53 bits per heavy atom. The second-order valence-electron chi connectivity index (χ2n) is 8.76. The van der Waals surface area contributed by atoms with E-state index in [-0.39, 0.29) is 45.6 Å². The van der Waals surface area contributed by atoms with E-state index in [1.54, 1.807) is 0 Å². The van der Waals surface area contributed by atoms with Crippen LogP contribution in [-0.2, 0) is 0 Å². The number of hydrogen-bond acceptors (Lipinski definition) is 4. The van der Waals surface area contributed by atoms with Crippen molar-refractivity contribution in [2.45, 2.75) is 0 Å². The summed E-state index contributed by atoms with van der Waals surface area (Å²) in [7, 11) is 0. The van der Waals surface area contributed by atoms with Crippen molar-refractivity contribution >= 4 is 21.9 Å². The van der Waals surface area contributed by atoms with E-state index in [1.165, 1.54) is 12.1 Å². The van der Waals surface area contributed by atoms with Crippen molar-refractivity contribution in [2.24, 2.45) is 0 Å². The molecule has 0 fully saturated rings. The average Bonchev–Trinajstić information content (AvgIpc) is 3.64. The number of fused-ring (bicyclic) bond motifs is 3. The van der Waals surface area contributed by atoms with E-state index in [1.807, 2.05) is 0 Å². The maximum absolute atomic E-state index is 9.18. The summed E-state index contributed by atoms with van der Waals surface area (Å²) < 4.78 is 195. The lowest BCUT2D eigenvalue weighted by Crippen LogP contribution is -2.00. The number of benzene rings is 6. The number of furan rings is 1. The molecule has 2 aromatic heterocycles. The summed E-state index contributed by atoms with van der Waals surface area (Å²) >= 11 is 0. The van der Waals surface area contributed by atoms with Gasteiger partial charge in [0.2, 0.25) is 0 Å². The number of para-hydroxylation sites is 1. The normalized spacial score (nSPS) is 18.4. The maximum atomic E-state index is 9.18. The summed E-state index contributed by atoms with van der Waals surface area (Å²) in [5, 5.41) is 0.0297. The van der Waals surface area contributed by atoms with E-state index in [4.69, 9.17) is 31.8 Å². The topological polar surface area (TPSA) is 51.8 Å². The van der Waals surface area contributed by atoms with Gasteiger partial charge in [-0.1, -0.05) is 139 Å². The molecule has 0 aliphatic carbocycles. The third-order valence-electron chi connectivity index (χ3n) is 6.19. The second kappa shape index (κ2) is 10.5. The van der Waals surface area contributed by atoms with Gasteiger partial charge in [0.25, 0.3) is 0 Å². The molecule has 8 rings (SSSR count). The maximum Gasteiger partial charge on any atom is 0.164 e. The lowest BCUT2D eigenvalue weighted by atomic mass is 9.99. The molecule has 0 aliphatic heterocycles. The SMILES string of the molecule is [2H]c1cc([2H])c2oc3c([2H])cc([2H])c(-c4nc(-c5c([2H])c([2H])c([2H])c([2H])c5[2H])nc(-c5c([2H])c([2H])c(-c6c([2H])c([2H])c(-c7c([2H])c([2H])c([2H])c([2H])c7[2H])c([2H])c6[2H])c([2H])c5[2H])n4)c3c2c1. The zero-order valence-electron chi connectivity index (χ0n) is 43.5. The number of rotatable bonds is 5. The van der Waals surface area contributed by atoms with E-state index >= 15 is 0 Å². The van der Waals surface area contributed by atoms with Gasteiger partial charge in [-0.2, -0.15) is 0 Å². The van der Waals surface area contributed by atoms with E-state index in [9.17, 15) is 2.74 Å². The Labute approximate surface area is 279 Å². The summed E-state index contributed by atoms with van der Waals surface area (Å²) in [6, 6.07) is -13.2. The average molecular weight is 574 g/mol. The van der Waals surface area contributed by atoms with E-state index in [0.717, 1.165) is 6.07 Å². The molecule has 0 atom stereocenters. The highest BCUT2D eigenvalue weighted by molar-refractivity contribution is 6.11. The second-order valence-corrected chi connectivity index (χ2v) is 8.76. The van der Waals surface area contributed by atoms with Crippen molar-refractivity contribution in [2.75, 3.05) is 0 Å². The molecule has 4 heteroatoms. The van der Waals surface area contributed by atoms with Crippen LogP contribution < -0.4 is 0 Å². The van der Waals surface area contributed by atoms with Crippen LogP contribution in [0.3, 0.4) is 0 Å². The number of aromatic nitrogens is 3. The highest BCUT2D eigenvalue weighted by Crippen LogP contribution is 2.36. The molecule has 0 N–H and O–H groups in total. The zero-order chi connectivity index (χ0) is 47.7. The Hall–Kier alpha value is -5.87. The molecular formula is C39H25N3O. The molecule has 202 valence electrons. The molecule has 0 unspecified atom stereocenters. The van der Waals surface area contributed by atoms with Crippen molar-refractivity contribution in [1.29, 1.82) is 0 Å². The molecule has 0 saturated heterocycles. The van der Waals surface area contributed by atoms with E-state index < -0.39 is 166 Å². The lowest BCUT2D eigenvalue weighted by molar-refractivity contribution is 0.669. The fraction of sp³-hybridized carbons (Fsp3) is 0.